The molecule has 0 aliphatic rings. The minimum Gasteiger partial charge on any atom is -0.356 e. The summed E-state index contributed by atoms with van der Waals surface area (Å²) in [6.45, 7) is 2.86. The van der Waals surface area contributed by atoms with Crippen LogP contribution >= 0.6 is 11.3 Å². The molecule has 0 aromatic carbocycles. The summed E-state index contributed by atoms with van der Waals surface area (Å²) in [5, 5.41) is 8.84. The first-order chi connectivity index (χ1) is 13.1. The van der Waals surface area contributed by atoms with Crippen LogP contribution in [0, 0.1) is 0 Å². The summed E-state index contributed by atoms with van der Waals surface area (Å²) in [5.74, 6) is -0.0131. The minimum absolute atomic E-state index is 0.000334. The van der Waals surface area contributed by atoms with Crippen molar-refractivity contribution in [2.75, 3.05) is 13.1 Å². The van der Waals surface area contributed by atoms with Crippen LogP contribution in [0.25, 0.3) is 11.0 Å². The third kappa shape index (κ3) is 5.17. The molecule has 27 heavy (non-hydrogen) atoms. The molecule has 3 N–H and O–H groups in total. The fourth-order valence-corrected chi connectivity index (χ4v) is 3.86. The zero-order valence-electron chi connectivity index (χ0n) is 15.4. The second-order valence-corrected chi connectivity index (χ2v) is 7.38. The molecular weight excluding hydrogens is 360 g/mol. The Morgan fingerprint density at radius 3 is 2.70 bits per heavy atom. The highest BCUT2D eigenvalue weighted by molar-refractivity contribution is 7.12. The van der Waals surface area contributed by atoms with Gasteiger partial charge < -0.3 is 15.6 Å². The highest BCUT2D eigenvalue weighted by Crippen LogP contribution is 2.24. The molecule has 0 unspecified atom stereocenters. The molecule has 0 saturated carbocycles. The van der Waals surface area contributed by atoms with Crippen LogP contribution < -0.4 is 10.6 Å². The Balaban J connectivity index is 1.51. The molecule has 142 valence electrons. The molecule has 2 amide bonds. The summed E-state index contributed by atoms with van der Waals surface area (Å²) in [6, 6.07) is 6.04. The van der Waals surface area contributed by atoms with Crippen molar-refractivity contribution in [2.24, 2.45) is 0 Å². The van der Waals surface area contributed by atoms with Crippen LogP contribution in [0.2, 0.25) is 0 Å². The predicted octanol–water partition coefficient (Wildman–Crippen LogP) is 3.25. The standard InChI is InChI=1S/C20H24N4O2S/c1-14(25)21-8-3-2-4-9-24-20(26)18-16(7-12-27-18)13-15-5-10-22-19-17(15)6-11-23-19/h5-7,10-12H,2-4,8-9,13H2,1H3,(H,21,25)(H,22,23)(H,24,26). The van der Waals surface area contributed by atoms with Gasteiger partial charge in [0.1, 0.15) is 5.65 Å². The first-order valence-corrected chi connectivity index (χ1v) is 10.0. The molecule has 3 heterocycles. The molecular formula is C20H24N4O2S. The van der Waals surface area contributed by atoms with Gasteiger partial charge in [-0.15, -0.1) is 11.3 Å². The molecule has 0 spiro atoms. The molecule has 3 aromatic rings. The van der Waals surface area contributed by atoms with Crippen molar-refractivity contribution in [1.29, 1.82) is 0 Å². The van der Waals surface area contributed by atoms with E-state index in [-0.39, 0.29) is 11.8 Å². The number of hydrogen-bond donors (Lipinski definition) is 3. The maximum atomic E-state index is 12.5. The van der Waals surface area contributed by atoms with E-state index in [0.717, 1.165) is 46.3 Å². The topological polar surface area (TPSA) is 86.9 Å². The first kappa shape index (κ1) is 19.1. The van der Waals surface area contributed by atoms with Crippen molar-refractivity contribution in [3.8, 4) is 0 Å². The van der Waals surface area contributed by atoms with Gasteiger partial charge in [0.25, 0.3) is 5.91 Å². The SMILES string of the molecule is CC(=O)NCCCCCNC(=O)c1sccc1Cc1ccnc2[nH]ccc12. The van der Waals surface area contributed by atoms with Gasteiger partial charge in [-0.05, 0) is 60.4 Å². The summed E-state index contributed by atoms with van der Waals surface area (Å²) >= 11 is 1.48. The van der Waals surface area contributed by atoms with Gasteiger partial charge in [-0.1, -0.05) is 0 Å². The van der Waals surface area contributed by atoms with Crippen LogP contribution in [0.4, 0.5) is 0 Å². The van der Waals surface area contributed by atoms with Gasteiger partial charge in [-0.3, -0.25) is 9.59 Å². The Bertz CT molecular complexity index is 915. The molecule has 0 radical (unpaired) electrons. The zero-order valence-corrected chi connectivity index (χ0v) is 16.2. The van der Waals surface area contributed by atoms with E-state index in [4.69, 9.17) is 0 Å². The fraction of sp³-hybridized carbons (Fsp3) is 0.350. The monoisotopic (exact) mass is 384 g/mol. The van der Waals surface area contributed by atoms with Crippen molar-refractivity contribution in [3.63, 3.8) is 0 Å². The van der Waals surface area contributed by atoms with Crippen LogP contribution in [0.3, 0.4) is 0 Å². The number of unbranched alkanes of at least 4 members (excludes halogenated alkanes) is 2. The molecule has 0 saturated heterocycles. The number of pyridine rings is 1. The van der Waals surface area contributed by atoms with E-state index in [9.17, 15) is 9.59 Å². The number of hydrogen-bond acceptors (Lipinski definition) is 4. The smallest absolute Gasteiger partial charge is 0.261 e. The molecule has 0 aliphatic carbocycles. The Morgan fingerprint density at radius 1 is 1.07 bits per heavy atom. The van der Waals surface area contributed by atoms with Crippen LogP contribution in [0.1, 0.15) is 47.0 Å². The quantitative estimate of drug-likeness (QED) is 0.495. The summed E-state index contributed by atoms with van der Waals surface area (Å²) < 4.78 is 0. The van der Waals surface area contributed by atoms with Gasteiger partial charge >= 0.3 is 0 Å². The van der Waals surface area contributed by atoms with Crippen molar-refractivity contribution >= 4 is 34.2 Å². The lowest BCUT2D eigenvalue weighted by Gasteiger charge is -2.07. The number of aromatic nitrogens is 2. The van der Waals surface area contributed by atoms with E-state index >= 15 is 0 Å². The average molecular weight is 385 g/mol. The van der Waals surface area contributed by atoms with Crippen LogP contribution in [0.15, 0.2) is 36.0 Å². The highest BCUT2D eigenvalue weighted by Gasteiger charge is 2.14. The first-order valence-electron chi connectivity index (χ1n) is 9.15. The van der Waals surface area contributed by atoms with Crippen LogP contribution in [-0.2, 0) is 11.2 Å². The molecule has 0 fully saturated rings. The zero-order chi connectivity index (χ0) is 19.1. The maximum absolute atomic E-state index is 12.5. The Kier molecular flexibility index (Phi) is 6.59. The van der Waals surface area contributed by atoms with Gasteiger partial charge in [0.05, 0.1) is 4.88 Å². The lowest BCUT2D eigenvalue weighted by molar-refractivity contribution is -0.118. The second kappa shape index (κ2) is 9.32. The van der Waals surface area contributed by atoms with Gasteiger partial charge in [0, 0.05) is 37.8 Å². The van der Waals surface area contributed by atoms with Crippen LogP contribution in [-0.4, -0.2) is 34.9 Å². The van der Waals surface area contributed by atoms with Gasteiger partial charge in [0.15, 0.2) is 0 Å². The summed E-state index contributed by atoms with van der Waals surface area (Å²) in [6.07, 6.45) is 7.19. The van der Waals surface area contributed by atoms with E-state index < -0.39 is 0 Å². The van der Waals surface area contributed by atoms with Crippen LogP contribution in [0.5, 0.6) is 0 Å². The van der Waals surface area contributed by atoms with Crippen molar-refractivity contribution in [3.05, 3.63) is 52.0 Å². The Morgan fingerprint density at radius 2 is 1.89 bits per heavy atom. The highest BCUT2D eigenvalue weighted by atomic mass is 32.1. The molecule has 3 aromatic heterocycles. The van der Waals surface area contributed by atoms with E-state index in [2.05, 4.69) is 20.6 Å². The van der Waals surface area contributed by atoms with E-state index in [1.807, 2.05) is 29.8 Å². The maximum Gasteiger partial charge on any atom is 0.261 e. The number of nitrogens with one attached hydrogen (secondary N) is 3. The summed E-state index contributed by atoms with van der Waals surface area (Å²) in [4.78, 5) is 31.5. The Labute approximate surface area is 162 Å². The lowest BCUT2D eigenvalue weighted by atomic mass is 10.0. The van der Waals surface area contributed by atoms with Crippen molar-refractivity contribution in [1.82, 2.24) is 20.6 Å². The Hall–Kier alpha value is -2.67. The largest absolute Gasteiger partial charge is 0.356 e. The molecule has 3 rings (SSSR count). The lowest BCUT2D eigenvalue weighted by Crippen LogP contribution is -2.25. The van der Waals surface area contributed by atoms with Gasteiger partial charge in [0.2, 0.25) is 5.91 Å². The summed E-state index contributed by atoms with van der Waals surface area (Å²) in [5.41, 5.74) is 3.07. The number of carbonyl (C=O) groups is 2. The average Bonchev–Trinajstić information content (AvgIpc) is 3.30. The number of thiophene rings is 1. The van der Waals surface area contributed by atoms with E-state index in [1.165, 1.54) is 18.3 Å². The van der Waals surface area contributed by atoms with Gasteiger partial charge in [-0.2, -0.15) is 0 Å². The number of nitrogens with zero attached hydrogens (tertiary/aromatic N) is 1. The molecule has 6 nitrogen and oxygen atoms in total. The molecule has 0 aliphatic heterocycles. The second-order valence-electron chi connectivity index (χ2n) is 6.46. The normalized spacial score (nSPS) is 10.9. The number of carbonyl (C=O) groups excluding carboxylic acids is 2. The van der Waals surface area contributed by atoms with Crippen molar-refractivity contribution < 1.29 is 9.59 Å². The number of fused-ring (bicyclic) bond motifs is 1. The number of amides is 2. The third-order valence-corrected chi connectivity index (χ3v) is 5.35. The number of H-pyrrole nitrogens is 1. The molecule has 7 heteroatoms. The fourth-order valence-electron chi connectivity index (χ4n) is 3.02. The molecule has 0 bridgehead atoms. The summed E-state index contributed by atoms with van der Waals surface area (Å²) in [7, 11) is 0. The third-order valence-electron chi connectivity index (χ3n) is 4.40. The minimum atomic E-state index is -0.0128. The van der Waals surface area contributed by atoms with Gasteiger partial charge in [-0.25, -0.2) is 4.98 Å². The predicted molar refractivity (Wildman–Crippen MR) is 108 cm³/mol. The van der Waals surface area contributed by atoms with E-state index in [1.54, 1.807) is 6.20 Å². The van der Waals surface area contributed by atoms with E-state index in [0.29, 0.717) is 19.5 Å². The number of aromatic amines is 1. The number of rotatable bonds is 9. The van der Waals surface area contributed by atoms with Crippen molar-refractivity contribution in [2.45, 2.75) is 32.6 Å². The molecule has 0 atom stereocenters.